The fourth-order valence-electron chi connectivity index (χ4n) is 3.08. The third-order valence-corrected chi connectivity index (χ3v) is 4.89. The van der Waals surface area contributed by atoms with Crippen LogP contribution >= 0.6 is 0 Å². The Labute approximate surface area is 152 Å². The topological polar surface area (TPSA) is 26.3 Å². The maximum Gasteiger partial charge on any atom is 0.308 e. The summed E-state index contributed by atoms with van der Waals surface area (Å²) in [4.78, 5) is 11.9. The zero-order chi connectivity index (χ0) is 17.9. The van der Waals surface area contributed by atoms with Crippen molar-refractivity contribution in [2.75, 3.05) is 6.61 Å². The van der Waals surface area contributed by atoms with Gasteiger partial charge in [0.05, 0.1) is 12.5 Å². The number of ether oxygens (including phenoxy) is 1. The molecule has 1 unspecified atom stereocenters. The summed E-state index contributed by atoms with van der Waals surface area (Å²) >= 11 is 0. The first kappa shape index (κ1) is 23.5. The molecule has 0 saturated carbocycles. The number of rotatable bonds is 18. The highest BCUT2D eigenvalue weighted by Crippen LogP contribution is 2.15. The monoisotopic (exact) mass is 340 g/mol. The zero-order valence-corrected chi connectivity index (χ0v) is 16.9. The van der Waals surface area contributed by atoms with Gasteiger partial charge in [0.15, 0.2) is 0 Å². The Balaban J connectivity index is 3.33. The third-order valence-electron chi connectivity index (χ3n) is 4.89. The SMILES string of the molecule is CCCCCCCCCCCC(C)C(=O)OCCCCCCCC. The quantitative estimate of drug-likeness (QED) is 0.191. The molecular weight excluding hydrogens is 296 g/mol. The van der Waals surface area contributed by atoms with E-state index < -0.39 is 0 Å². The van der Waals surface area contributed by atoms with Gasteiger partial charge in [-0.05, 0) is 12.8 Å². The van der Waals surface area contributed by atoms with Gasteiger partial charge >= 0.3 is 5.97 Å². The Morgan fingerprint density at radius 3 is 1.58 bits per heavy atom. The summed E-state index contributed by atoms with van der Waals surface area (Å²) in [7, 11) is 0. The molecule has 0 bridgehead atoms. The second-order valence-corrected chi connectivity index (χ2v) is 7.45. The first-order valence-electron chi connectivity index (χ1n) is 10.9. The lowest BCUT2D eigenvalue weighted by Gasteiger charge is -2.11. The minimum Gasteiger partial charge on any atom is -0.465 e. The highest BCUT2D eigenvalue weighted by molar-refractivity contribution is 5.71. The summed E-state index contributed by atoms with van der Waals surface area (Å²) in [6, 6.07) is 0. The van der Waals surface area contributed by atoms with Crippen LogP contribution in [-0.2, 0) is 9.53 Å². The van der Waals surface area contributed by atoms with Gasteiger partial charge in [-0.15, -0.1) is 0 Å². The summed E-state index contributed by atoms with van der Waals surface area (Å²) in [5.41, 5.74) is 0. The van der Waals surface area contributed by atoms with Gasteiger partial charge in [0.2, 0.25) is 0 Å². The molecule has 0 aliphatic carbocycles. The Morgan fingerprint density at radius 2 is 1.08 bits per heavy atom. The molecule has 0 radical (unpaired) electrons. The fourth-order valence-corrected chi connectivity index (χ4v) is 3.08. The largest absolute Gasteiger partial charge is 0.465 e. The molecule has 2 heteroatoms. The molecule has 1 atom stereocenters. The van der Waals surface area contributed by atoms with Gasteiger partial charge in [-0.3, -0.25) is 4.79 Å². The lowest BCUT2D eigenvalue weighted by molar-refractivity contribution is -0.148. The van der Waals surface area contributed by atoms with Crippen molar-refractivity contribution in [1.29, 1.82) is 0 Å². The van der Waals surface area contributed by atoms with Crippen molar-refractivity contribution in [1.82, 2.24) is 0 Å². The smallest absolute Gasteiger partial charge is 0.308 e. The maximum absolute atomic E-state index is 11.9. The van der Waals surface area contributed by atoms with E-state index in [9.17, 15) is 4.79 Å². The minimum absolute atomic E-state index is 0.0168. The highest BCUT2D eigenvalue weighted by atomic mass is 16.5. The molecule has 0 aromatic rings. The number of hydrogen-bond donors (Lipinski definition) is 0. The molecule has 0 aromatic heterocycles. The molecule has 144 valence electrons. The molecule has 0 fully saturated rings. The standard InChI is InChI=1S/C22H44O2/c1-4-6-8-10-12-13-14-15-17-19-21(3)22(23)24-20-18-16-11-9-7-5-2/h21H,4-20H2,1-3H3. The van der Waals surface area contributed by atoms with Crippen LogP contribution in [-0.4, -0.2) is 12.6 Å². The molecule has 0 N–H and O–H groups in total. The molecule has 0 aliphatic rings. The molecule has 0 aromatic carbocycles. The number of carbonyl (C=O) groups is 1. The Kier molecular flexibility index (Phi) is 18.4. The summed E-state index contributed by atoms with van der Waals surface area (Å²) in [6.45, 7) is 7.14. The summed E-state index contributed by atoms with van der Waals surface area (Å²) in [5.74, 6) is 0.0952. The van der Waals surface area contributed by atoms with Crippen LogP contribution in [0.15, 0.2) is 0 Å². The lowest BCUT2D eigenvalue weighted by Crippen LogP contribution is -2.15. The number of carbonyl (C=O) groups excluding carboxylic acids is 1. The average molecular weight is 341 g/mol. The van der Waals surface area contributed by atoms with Crippen LogP contribution in [0.4, 0.5) is 0 Å². The van der Waals surface area contributed by atoms with Crippen LogP contribution in [0, 0.1) is 5.92 Å². The second kappa shape index (κ2) is 18.8. The third kappa shape index (κ3) is 16.3. The van der Waals surface area contributed by atoms with Gasteiger partial charge in [0.25, 0.3) is 0 Å². The van der Waals surface area contributed by atoms with E-state index in [0.717, 1.165) is 12.8 Å². The lowest BCUT2D eigenvalue weighted by atomic mass is 10.0. The van der Waals surface area contributed by atoms with Crippen LogP contribution < -0.4 is 0 Å². The van der Waals surface area contributed by atoms with Crippen molar-refractivity contribution in [2.45, 2.75) is 124 Å². The molecule has 24 heavy (non-hydrogen) atoms. The Hall–Kier alpha value is -0.530. The summed E-state index contributed by atoms with van der Waals surface area (Å²) in [5, 5.41) is 0. The number of unbranched alkanes of at least 4 members (excludes halogenated alkanes) is 13. The van der Waals surface area contributed by atoms with E-state index in [0.29, 0.717) is 6.61 Å². The van der Waals surface area contributed by atoms with E-state index in [1.165, 1.54) is 89.9 Å². The second-order valence-electron chi connectivity index (χ2n) is 7.45. The van der Waals surface area contributed by atoms with Crippen LogP contribution in [0.3, 0.4) is 0 Å². The average Bonchev–Trinajstić information content (AvgIpc) is 2.59. The van der Waals surface area contributed by atoms with Gasteiger partial charge in [-0.1, -0.05) is 111 Å². The van der Waals surface area contributed by atoms with Gasteiger partial charge in [-0.25, -0.2) is 0 Å². The normalized spacial score (nSPS) is 12.3. The molecule has 2 nitrogen and oxygen atoms in total. The van der Waals surface area contributed by atoms with Crippen molar-refractivity contribution < 1.29 is 9.53 Å². The molecule has 0 heterocycles. The van der Waals surface area contributed by atoms with Gasteiger partial charge in [0.1, 0.15) is 0 Å². The van der Waals surface area contributed by atoms with Crippen molar-refractivity contribution in [3.05, 3.63) is 0 Å². The Morgan fingerprint density at radius 1 is 0.667 bits per heavy atom. The summed E-state index contributed by atoms with van der Waals surface area (Å²) in [6.07, 6.45) is 20.4. The van der Waals surface area contributed by atoms with E-state index in [1.54, 1.807) is 0 Å². The van der Waals surface area contributed by atoms with Crippen molar-refractivity contribution >= 4 is 5.97 Å². The van der Waals surface area contributed by atoms with Crippen LogP contribution in [0.25, 0.3) is 0 Å². The molecular formula is C22H44O2. The number of hydrogen-bond acceptors (Lipinski definition) is 2. The van der Waals surface area contributed by atoms with E-state index in [1.807, 2.05) is 6.92 Å². The first-order valence-corrected chi connectivity index (χ1v) is 10.9. The van der Waals surface area contributed by atoms with E-state index in [-0.39, 0.29) is 11.9 Å². The van der Waals surface area contributed by atoms with Crippen molar-refractivity contribution in [3.8, 4) is 0 Å². The van der Waals surface area contributed by atoms with E-state index >= 15 is 0 Å². The first-order chi connectivity index (χ1) is 11.7. The fraction of sp³-hybridized carbons (Fsp3) is 0.955. The van der Waals surface area contributed by atoms with Crippen LogP contribution in [0.2, 0.25) is 0 Å². The molecule has 0 saturated heterocycles. The van der Waals surface area contributed by atoms with Crippen LogP contribution in [0.1, 0.15) is 124 Å². The van der Waals surface area contributed by atoms with Crippen molar-refractivity contribution in [3.63, 3.8) is 0 Å². The predicted molar refractivity (Wildman–Crippen MR) is 105 cm³/mol. The zero-order valence-electron chi connectivity index (χ0n) is 16.9. The highest BCUT2D eigenvalue weighted by Gasteiger charge is 2.13. The maximum atomic E-state index is 11.9. The van der Waals surface area contributed by atoms with Gasteiger partial charge in [-0.2, -0.15) is 0 Å². The Bertz CT molecular complexity index is 263. The van der Waals surface area contributed by atoms with Gasteiger partial charge in [0, 0.05) is 0 Å². The van der Waals surface area contributed by atoms with Crippen molar-refractivity contribution in [2.24, 2.45) is 5.92 Å². The minimum atomic E-state index is 0.0168. The van der Waals surface area contributed by atoms with Gasteiger partial charge < -0.3 is 4.74 Å². The molecule has 0 spiro atoms. The number of esters is 1. The molecule has 0 rings (SSSR count). The van der Waals surface area contributed by atoms with E-state index in [4.69, 9.17) is 4.74 Å². The predicted octanol–water partition coefficient (Wildman–Crippen LogP) is 7.45. The molecule has 0 amide bonds. The summed E-state index contributed by atoms with van der Waals surface area (Å²) < 4.78 is 5.40. The van der Waals surface area contributed by atoms with Crippen LogP contribution in [0.5, 0.6) is 0 Å². The van der Waals surface area contributed by atoms with E-state index in [2.05, 4.69) is 13.8 Å². The molecule has 0 aliphatic heterocycles.